The second kappa shape index (κ2) is 9.62. The molecule has 1 aromatic heterocycles. The Morgan fingerprint density at radius 2 is 1.76 bits per heavy atom. The maximum absolute atomic E-state index is 12.1. The van der Waals surface area contributed by atoms with Crippen molar-refractivity contribution in [2.75, 3.05) is 31.5 Å². The Hall–Kier alpha value is -2.77. The third kappa shape index (κ3) is 5.40. The fourth-order valence-electron chi connectivity index (χ4n) is 2.99. The average Bonchev–Trinajstić information content (AvgIpc) is 3.14. The number of nitrogens with zero attached hydrogens (tertiary/aromatic N) is 2. The van der Waals surface area contributed by atoms with Gasteiger partial charge in [-0.2, -0.15) is 0 Å². The van der Waals surface area contributed by atoms with Gasteiger partial charge in [0, 0.05) is 24.3 Å². The van der Waals surface area contributed by atoms with Gasteiger partial charge in [0.25, 0.3) is 0 Å². The number of fused-ring (bicyclic) bond motifs is 1. The topological polar surface area (TPSA) is 74.3 Å². The summed E-state index contributed by atoms with van der Waals surface area (Å²) in [5, 5.41) is 6.22. The third-order valence-electron chi connectivity index (χ3n) is 4.75. The number of amides is 2. The third-order valence-corrected chi connectivity index (χ3v) is 5.82. The van der Waals surface area contributed by atoms with Crippen molar-refractivity contribution < 1.29 is 9.59 Å². The number of likely N-dealkylation sites (N-methyl/N-ethyl adjacent to an activating group) is 1. The quantitative estimate of drug-likeness (QED) is 0.583. The predicted octanol–water partition coefficient (Wildman–Crippen LogP) is 3.67. The lowest BCUT2D eigenvalue weighted by molar-refractivity contribution is -0.136. The SMILES string of the molecule is CCN(CC)CCNC(=O)C(=O)Nc1ccc(-c2nc3ccc(C)cc3s2)cc1. The molecule has 0 spiro atoms. The molecule has 0 saturated heterocycles. The number of carbonyl (C=O) groups excluding carboxylic acids is 2. The molecule has 2 amide bonds. The summed E-state index contributed by atoms with van der Waals surface area (Å²) in [6.07, 6.45) is 0. The van der Waals surface area contributed by atoms with Crippen LogP contribution in [0.2, 0.25) is 0 Å². The molecule has 2 aromatic carbocycles. The van der Waals surface area contributed by atoms with E-state index in [-0.39, 0.29) is 0 Å². The molecule has 0 bridgehead atoms. The van der Waals surface area contributed by atoms with Gasteiger partial charge in [-0.1, -0.05) is 19.9 Å². The molecule has 6 nitrogen and oxygen atoms in total. The molecule has 0 saturated carbocycles. The molecular weight excluding hydrogens is 384 g/mol. The monoisotopic (exact) mass is 410 g/mol. The Labute approximate surface area is 174 Å². The van der Waals surface area contributed by atoms with Gasteiger partial charge in [-0.15, -0.1) is 11.3 Å². The summed E-state index contributed by atoms with van der Waals surface area (Å²) >= 11 is 1.64. The number of aromatic nitrogens is 1. The van der Waals surface area contributed by atoms with Gasteiger partial charge in [-0.3, -0.25) is 9.59 Å². The minimum Gasteiger partial charge on any atom is -0.347 e. The van der Waals surface area contributed by atoms with E-state index in [1.54, 1.807) is 23.5 Å². The number of aryl methyl sites for hydroxylation is 1. The fourth-order valence-corrected chi connectivity index (χ4v) is 4.06. The Kier molecular flexibility index (Phi) is 6.95. The number of nitrogens with one attached hydrogen (secondary N) is 2. The van der Waals surface area contributed by atoms with Crippen LogP contribution in [0.15, 0.2) is 42.5 Å². The van der Waals surface area contributed by atoms with Crippen LogP contribution in [0, 0.1) is 6.92 Å². The Morgan fingerprint density at radius 1 is 1.03 bits per heavy atom. The number of thiazole rings is 1. The zero-order valence-corrected chi connectivity index (χ0v) is 17.8. The molecule has 0 aliphatic heterocycles. The van der Waals surface area contributed by atoms with Crippen molar-refractivity contribution >= 4 is 39.1 Å². The standard InChI is InChI=1S/C22H26N4O2S/c1-4-26(5-2)13-12-23-20(27)21(28)24-17-9-7-16(8-10-17)22-25-18-11-6-15(3)14-19(18)29-22/h6-11,14H,4-5,12-13H2,1-3H3,(H,23,27)(H,24,28). The first kappa shape index (κ1) is 21.0. The molecule has 3 rings (SSSR count). The van der Waals surface area contributed by atoms with Crippen LogP contribution in [0.5, 0.6) is 0 Å². The number of hydrogen-bond donors (Lipinski definition) is 2. The lowest BCUT2D eigenvalue weighted by Gasteiger charge is -2.17. The van der Waals surface area contributed by atoms with Gasteiger partial charge in [0.05, 0.1) is 10.2 Å². The zero-order chi connectivity index (χ0) is 20.8. The fraction of sp³-hybridized carbons (Fsp3) is 0.318. The maximum atomic E-state index is 12.1. The summed E-state index contributed by atoms with van der Waals surface area (Å²) in [6.45, 7) is 9.20. The highest BCUT2D eigenvalue weighted by atomic mass is 32.1. The first-order chi connectivity index (χ1) is 14.0. The molecule has 3 aromatic rings. The predicted molar refractivity (Wildman–Crippen MR) is 119 cm³/mol. The molecule has 0 unspecified atom stereocenters. The van der Waals surface area contributed by atoms with E-state index in [2.05, 4.69) is 53.4 Å². The van der Waals surface area contributed by atoms with E-state index in [1.807, 2.05) is 18.2 Å². The van der Waals surface area contributed by atoms with Gasteiger partial charge in [-0.25, -0.2) is 4.98 Å². The summed E-state index contributed by atoms with van der Waals surface area (Å²) in [5.74, 6) is -1.28. The zero-order valence-electron chi connectivity index (χ0n) is 17.0. The molecule has 2 N–H and O–H groups in total. The van der Waals surface area contributed by atoms with Crippen molar-refractivity contribution in [2.24, 2.45) is 0 Å². The van der Waals surface area contributed by atoms with E-state index >= 15 is 0 Å². The summed E-state index contributed by atoms with van der Waals surface area (Å²) in [5.41, 5.74) is 3.75. The highest BCUT2D eigenvalue weighted by Gasteiger charge is 2.14. The van der Waals surface area contributed by atoms with Crippen molar-refractivity contribution in [2.45, 2.75) is 20.8 Å². The van der Waals surface area contributed by atoms with Crippen LogP contribution < -0.4 is 10.6 Å². The van der Waals surface area contributed by atoms with Gasteiger partial charge in [-0.05, 0) is 62.0 Å². The summed E-state index contributed by atoms with van der Waals surface area (Å²) < 4.78 is 1.15. The Morgan fingerprint density at radius 3 is 2.45 bits per heavy atom. The first-order valence-electron chi connectivity index (χ1n) is 9.79. The number of hydrogen-bond acceptors (Lipinski definition) is 5. The van der Waals surface area contributed by atoms with E-state index in [4.69, 9.17) is 0 Å². The number of anilines is 1. The van der Waals surface area contributed by atoms with Crippen LogP contribution in [-0.2, 0) is 9.59 Å². The minimum absolute atomic E-state index is 0.448. The highest BCUT2D eigenvalue weighted by Crippen LogP contribution is 2.31. The van der Waals surface area contributed by atoms with Gasteiger partial charge < -0.3 is 15.5 Å². The second-order valence-electron chi connectivity index (χ2n) is 6.80. The van der Waals surface area contributed by atoms with Crippen LogP contribution in [-0.4, -0.2) is 47.9 Å². The number of carbonyl (C=O) groups is 2. The van der Waals surface area contributed by atoms with Gasteiger partial charge >= 0.3 is 11.8 Å². The van der Waals surface area contributed by atoms with E-state index in [1.165, 1.54) is 5.56 Å². The Bertz CT molecular complexity index is 994. The largest absolute Gasteiger partial charge is 0.347 e. The lowest BCUT2D eigenvalue weighted by atomic mass is 10.2. The number of rotatable bonds is 7. The minimum atomic E-state index is -0.659. The molecule has 0 fully saturated rings. The van der Waals surface area contributed by atoms with E-state index in [0.29, 0.717) is 12.2 Å². The maximum Gasteiger partial charge on any atom is 0.313 e. The smallest absolute Gasteiger partial charge is 0.313 e. The van der Waals surface area contributed by atoms with Crippen molar-refractivity contribution in [1.29, 1.82) is 0 Å². The first-order valence-corrected chi connectivity index (χ1v) is 10.6. The number of benzene rings is 2. The van der Waals surface area contributed by atoms with Crippen molar-refractivity contribution in [1.82, 2.24) is 15.2 Å². The van der Waals surface area contributed by atoms with E-state index < -0.39 is 11.8 Å². The van der Waals surface area contributed by atoms with Crippen molar-refractivity contribution in [3.05, 3.63) is 48.0 Å². The summed E-state index contributed by atoms with van der Waals surface area (Å²) in [6, 6.07) is 13.6. The van der Waals surface area contributed by atoms with Crippen LogP contribution in [0.25, 0.3) is 20.8 Å². The summed E-state index contributed by atoms with van der Waals surface area (Å²) in [4.78, 5) is 30.9. The van der Waals surface area contributed by atoms with Gasteiger partial charge in [0.15, 0.2) is 0 Å². The van der Waals surface area contributed by atoms with Crippen LogP contribution in [0.3, 0.4) is 0 Å². The normalized spacial score (nSPS) is 11.0. The molecule has 29 heavy (non-hydrogen) atoms. The molecular formula is C22H26N4O2S. The molecule has 0 aliphatic rings. The summed E-state index contributed by atoms with van der Waals surface area (Å²) in [7, 11) is 0. The highest BCUT2D eigenvalue weighted by molar-refractivity contribution is 7.21. The second-order valence-corrected chi connectivity index (χ2v) is 7.84. The molecule has 0 radical (unpaired) electrons. The van der Waals surface area contributed by atoms with Crippen LogP contribution in [0.1, 0.15) is 19.4 Å². The molecule has 0 aliphatic carbocycles. The molecule has 1 heterocycles. The van der Waals surface area contributed by atoms with Crippen LogP contribution >= 0.6 is 11.3 Å². The van der Waals surface area contributed by atoms with E-state index in [0.717, 1.165) is 40.4 Å². The van der Waals surface area contributed by atoms with E-state index in [9.17, 15) is 9.59 Å². The van der Waals surface area contributed by atoms with Crippen LogP contribution in [0.4, 0.5) is 5.69 Å². The lowest BCUT2D eigenvalue weighted by Crippen LogP contribution is -2.40. The molecule has 152 valence electrons. The van der Waals surface area contributed by atoms with Crippen molar-refractivity contribution in [3.8, 4) is 10.6 Å². The molecule has 0 atom stereocenters. The Balaban J connectivity index is 1.58. The van der Waals surface area contributed by atoms with Gasteiger partial charge in [0.2, 0.25) is 0 Å². The van der Waals surface area contributed by atoms with Gasteiger partial charge in [0.1, 0.15) is 5.01 Å². The van der Waals surface area contributed by atoms with Crippen molar-refractivity contribution in [3.63, 3.8) is 0 Å². The average molecular weight is 411 g/mol. The molecule has 7 heteroatoms.